The van der Waals surface area contributed by atoms with Gasteiger partial charge in [0, 0.05) is 37.3 Å². The number of hydrogen-bond acceptors (Lipinski definition) is 7. The molecule has 2 bridgehead atoms. The maximum Gasteiger partial charge on any atom is 0.331 e. The van der Waals surface area contributed by atoms with E-state index in [1.165, 1.54) is 11.6 Å². The van der Waals surface area contributed by atoms with Crippen LogP contribution in [0.5, 0.6) is 0 Å². The molecule has 0 radical (unpaired) electrons. The summed E-state index contributed by atoms with van der Waals surface area (Å²) in [6.07, 6.45) is 16.6. The lowest BCUT2D eigenvalue weighted by Gasteiger charge is -2.13. The summed E-state index contributed by atoms with van der Waals surface area (Å²) in [5.74, 6) is -0.572. The van der Waals surface area contributed by atoms with Gasteiger partial charge in [-0.2, -0.15) is 0 Å². The fourth-order valence-corrected chi connectivity index (χ4v) is 4.64. The van der Waals surface area contributed by atoms with Crippen molar-refractivity contribution in [2.45, 2.75) is 78.4 Å². The Morgan fingerprint density at radius 2 is 1.84 bits per heavy atom. The molecule has 1 unspecified atom stereocenters. The molecule has 2 heterocycles. The largest absolute Gasteiger partial charge is 0.462 e. The highest BCUT2D eigenvalue weighted by atomic mass is 32.1. The SMILES string of the molecule is CC(C=CC(C)=CC1Cc2nc(cs2)CCCCC(=O)O[C@@H](C)CC(C)=CC=CC(=O)O1)=CCN(C)C. The first-order valence-corrected chi connectivity index (χ1v) is 13.8. The summed E-state index contributed by atoms with van der Waals surface area (Å²) < 4.78 is 11.3. The molecule has 2 atom stereocenters. The highest BCUT2D eigenvalue weighted by Crippen LogP contribution is 2.18. The van der Waals surface area contributed by atoms with E-state index in [1.807, 2.05) is 53.1 Å². The summed E-state index contributed by atoms with van der Waals surface area (Å²) in [6.45, 7) is 8.82. The fourth-order valence-electron chi connectivity index (χ4n) is 3.77. The van der Waals surface area contributed by atoms with Gasteiger partial charge >= 0.3 is 11.9 Å². The third kappa shape index (κ3) is 13.4. The third-order valence-corrected chi connectivity index (χ3v) is 6.62. The smallest absolute Gasteiger partial charge is 0.331 e. The summed E-state index contributed by atoms with van der Waals surface area (Å²) >= 11 is 1.58. The maximum absolute atomic E-state index is 12.6. The first kappa shape index (κ1) is 30.5. The van der Waals surface area contributed by atoms with Gasteiger partial charge in [-0.1, -0.05) is 47.1 Å². The van der Waals surface area contributed by atoms with E-state index >= 15 is 0 Å². The summed E-state index contributed by atoms with van der Waals surface area (Å²) in [6, 6.07) is 0. The molecule has 0 N–H and O–H groups in total. The van der Waals surface area contributed by atoms with Crippen LogP contribution in [0.4, 0.5) is 0 Å². The maximum atomic E-state index is 12.6. The monoisotopic (exact) mass is 526 g/mol. The van der Waals surface area contributed by atoms with Gasteiger partial charge in [0.1, 0.15) is 12.2 Å². The molecular formula is C30H42N2O4S. The molecular weight excluding hydrogens is 484 g/mol. The number of thiazole rings is 1. The number of aromatic nitrogens is 1. The van der Waals surface area contributed by atoms with Gasteiger partial charge in [0.2, 0.25) is 0 Å². The zero-order valence-electron chi connectivity index (χ0n) is 23.2. The average Bonchev–Trinajstić information content (AvgIpc) is 3.25. The fraction of sp³-hybridized carbons (Fsp3) is 0.500. The van der Waals surface area contributed by atoms with Crippen LogP contribution in [0.3, 0.4) is 0 Å². The second kappa shape index (κ2) is 16.2. The Morgan fingerprint density at radius 1 is 1.11 bits per heavy atom. The minimum Gasteiger partial charge on any atom is -0.462 e. The van der Waals surface area contributed by atoms with Crippen molar-refractivity contribution < 1.29 is 19.1 Å². The molecule has 0 aliphatic carbocycles. The first-order valence-electron chi connectivity index (χ1n) is 13.0. The van der Waals surface area contributed by atoms with Crippen LogP contribution >= 0.6 is 11.3 Å². The number of esters is 2. The zero-order valence-corrected chi connectivity index (χ0v) is 24.0. The van der Waals surface area contributed by atoms with Gasteiger partial charge in [-0.3, -0.25) is 4.79 Å². The summed E-state index contributed by atoms with van der Waals surface area (Å²) in [7, 11) is 4.08. The predicted octanol–water partition coefficient (Wildman–Crippen LogP) is 6.16. The Labute approximate surface area is 226 Å². The van der Waals surface area contributed by atoms with Gasteiger partial charge in [0.25, 0.3) is 0 Å². The van der Waals surface area contributed by atoms with Crippen molar-refractivity contribution in [3.63, 3.8) is 0 Å². The lowest BCUT2D eigenvalue weighted by Crippen LogP contribution is -2.17. The number of nitrogens with zero attached hydrogens (tertiary/aromatic N) is 2. The van der Waals surface area contributed by atoms with Crippen molar-refractivity contribution in [2.75, 3.05) is 20.6 Å². The molecule has 7 heteroatoms. The van der Waals surface area contributed by atoms with Crippen molar-refractivity contribution >= 4 is 23.3 Å². The summed E-state index contributed by atoms with van der Waals surface area (Å²) in [5.41, 5.74) is 4.22. The number of allylic oxidation sites excluding steroid dienone is 6. The molecule has 37 heavy (non-hydrogen) atoms. The van der Waals surface area contributed by atoms with Gasteiger partial charge in [0.05, 0.1) is 10.7 Å². The van der Waals surface area contributed by atoms with Crippen LogP contribution < -0.4 is 0 Å². The number of fused-ring (bicyclic) bond motifs is 2. The first-order chi connectivity index (χ1) is 17.6. The van der Waals surface area contributed by atoms with Gasteiger partial charge in [-0.25, -0.2) is 9.78 Å². The van der Waals surface area contributed by atoms with Crippen LogP contribution in [0.1, 0.15) is 64.1 Å². The topological polar surface area (TPSA) is 68.7 Å². The van der Waals surface area contributed by atoms with Crippen LogP contribution in [0.2, 0.25) is 0 Å². The molecule has 6 nitrogen and oxygen atoms in total. The molecule has 2 rings (SSSR count). The van der Waals surface area contributed by atoms with Crippen LogP contribution in [-0.4, -0.2) is 54.7 Å². The number of likely N-dealkylation sites (N-methyl/N-ethyl adjacent to an activating group) is 1. The van der Waals surface area contributed by atoms with E-state index in [2.05, 4.69) is 29.4 Å². The molecule has 1 aromatic rings. The molecule has 0 fully saturated rings. The lowest BCUT2D eigenvalue weighted by atomic mass is 10.1. The minimum absolute atomic E-state index is 0.168. The summed E-state index contributed by atoms with van der Waals surface area (Å²) in [5, 5.41) is 2.98. The highest BCUT2D eigenvalue weighted by molar-refractivity contribution is 7.09. The molecule has 1 aliphatic heterocycles. The van der Waals surface area contributed by atoms with E-state index in [0.29, 0.717) is 19.3 Å². The molecule has 0 spiro atoms. The Morgan fingerprint density at radius 3 is 2.59 bits per heavy atom. The minimum atomic E-state index is -0.426. The van der Waals surface area contributed by atoms with E-state index in [-0.39, 0.29) is 12.1 Å². The molecule has 0 aromatic carbocycles. The standard InChI is InChI=1S/C30H42N2O4S/c1-22(16-17-32(5)6)14-15-24(3)19-27-20-28-31-26(21-37-28)11-7-8-12-29(33)35-25(4)18-23(2)10-9-13-30(34)36-27/h9-10,13-16,19,21,25,27H,7-8,11-12,17-18,20H2,1-6H3/t25-,27?/m0/s1. The van der Waals surface area contributed by atoms with Crippen molar-refractivity contribution in [2.24, 2.45) is 0 Å². The third-order valence-electron chi connectivity index (χ3n) is 5.70. The predicted molar refractivity (Wildman–Crippen MR) is 152 cm³/mol. The Balaban J connectivity index is 2.21. The normalized spacial score (nSPS) is 21.8. The number of cyclic esters (lactones) is 2. The molecule has 202 valence electrons. The second-order valence-corrected chi connectivity index (χ2v) is 10.9. The molecule has 0 saturated carbocycles. The molecule has 0 saturated heterocycles. The van der Waals surface area contributed by atoms with E-state index < -0.39 is 12.1 Å². The Kier molecular flexibility index (Phi) is 13.3. The van der Waals surface area contributed by atoms with E-state index in [9.17, 15) is 9.59 Å². The van der Waals surface area contributed by atoms with E-state index in [0.717, 1.165) is 47.7 Å². The van der Waals surface area contributed by atoms with Crippen LogP contribution in [0, 0.1) is 0 Å². The number of rotatable bonds is 5. The highest BCUT2D eigenvalue weighted by Gasteiger charge is 2.15. The van der Waals surface area contributed by atoms with Crippen LogP contribution in [-0.2, 0) is 31.9 Å². The van der Waals surface area contributed by atoms with E-state index in [1.54, 1.807) is 17.4 Å². The lowest BCUT2D eigenvalue weighted by molar-refractivity contribution is -0.148. The zero-order chi connectivity index (χ0) is 27.2. The number of aryl methyl sites for hydroxylation is 1. The van der Waals surface area contributed by atoms with Gasteiger partial charge in [-0.05, 0) is 67.1 Å². The Bertz CT molecular complexity index is 1050. The Hall–Kier alpha value is -2.77. The van der Waals surface area contributed by atoms with Crippen molar-refractivity contribution in [3.05, 3.63) is 75.3 Å². The van der Waals surface area contributed by atoms with Crippen LogP contribution in [0.15, 0.2) is 64.6 Å². The van der Waals surface area contributed by atoms with Crippen LogP contribution in [0.25, 0.3) is 0 Å². The molecule has 1 aromatic heterocycles. The number of hydrogen-bond donors (Lipinski definition) is 0. The van der Waals surface area contributed by atoms with Gasteiger partial charge in [0.15, 0.2) is 0 Å². The number of carbonyl (C=O) groups is 2. The average molecular weight is 527 g/mol. The number of ether oxygens (including phenoxy) is 2. The second-order valence-electron chi connectivity index (χ2n) is 9.95. The van der Waals surface area contributed by atoms with Crippen molar-refractivity contribution in [3.8, 4) is 0 Å². The summed E-state index contributed by atoms with van der Waals surface area (Å²) in [4.78, 5) is 31.6. The molecule has 0 amide bonds. The van der Waals surface area contributed by atoms with Crippen molar-refractivity contribution in [1.29, 1.82) is 0 Å². The molecule has 1 aliphatic rings. The van der Waals surface area contributed by atoms with Crippen molar-refractivity contribution in [1.82, 2.24) is 9.88 Å². The number of carbonyl (C=O) groups excluding carboxylic acids is 2. The van der Waals surface area contributed by atoms with E-state index in [4.69, 9.17) is 14.5 Å². The quantitative estimate of drug-likeness (QED) is 0.338. The van der Waals surface area contributed by atoms with Gasteiger partial charge < -0.3 is 14.4 Å². The van der Waals surface area contributed by atoms with Gasteiger partial charge in [-0.15, -0.1) is 11.3 Å².